The second kappa shape index (κ2) is 3.76. The van der Waals surface area contributed by atoms with E-state index in [4.69, 9.17) is 0 Å². The van der Waals surface area contributed by atoms with Crippen molar-refractivity contribution in [3.05, 3.63) is 0 Å². The maximum atomic E-state index is 2.34. The van der Waals surface area contributed by atoms with Crippen LogP contribution in [-0.4, -0.2) is 21.1 Å². The molecule has 0 spiro atoms. The van der Waals surface area contributed by atoms with Crippen molar-refractivity contribution in [3.63, 3.8) is 0 Å². The van der Waals surface area contributed by atoms with E-state index in [0.29, 0.717) is 0 Å². The van der Waals surface area contributed by atoms with E-state index in [1.54, 1.807) is 0 Å². The molecule has 0 fully saturated rings. The summed E-state index contributed by atoms with van der Waals surface area (Å²) in [6.07, 6.45) is 0. The van der Waals surface area contributed by atoms with Gasteiger partial charge in [0.15, 0.2) is 0 Å². The Labute approximate surface area is 59.9 Å². The van der Waals surface area contributed by atoms with Gasteiger partial charge in [0.2, 0.25) is 0 Å². The minimum Gasteiger partial charge on any atom is -1.00 e. The van der Waals surface area contributed by atoms with Crippen molar-refractivity contribution >= 4 is 21.1 Å². The van der Waals surface area contributed by atoms with Gasteiger partial charge in [-0.1, -0.05) is 0 Å². The first kappa shape index (κ1) is 7.80. The minimum atomic E-state index is 0. The summed E-state index contributed by atoms with van der Waals surface area (Å²) < 4.78 is 2.09. The molecular formula is C6H16Sn-2. The maximum absolute atomic E-state index is 2.34. The third kappa shape index (κ3) is 6.80. The van der Waals surface area contributed by atoms with Gasteiger partial charge in [0.25, 0.3) is 0 Å². The molecule has 0 aliphatic carbocycles. The predicted octanol–water partition coefficient (Wildman–Crippen LogP) is 2.57. The van der Waals surface area contributed by atoms with Crippen LogP contribution in [0.25, 0.3) is 0 Å². The third-order valence-electron chi connectivity index (χ3n) is 0.667. The van der Waals surface area contributed by atoms with Crippen LogP contribution in [-0.2, 0) is 0 Å². The standard InChI is InChI=1S/2C3H7.Sn.2H/c2*1-3-2;;;/h2*3H,1-2H3;;;/q;;;2*-1. The van der Waals surface area contributed by atoms with Crippen LogP contribution in [0.2, 0.25) is 7.87 Å². The molecule has 0 aromatic rings. The van der Waals surface area contributed by atoms with Gasteiger partial charge in [-0.05, 0) is 0 Å². The normalized spacial score (nSPS) is 11.1. The maximum Gasteiger partial charge on any atom is -1.00 e. The molecule has 0 aromatic carbocycles. The molecule has 0 aliphatic heterocycles. The van der Waals surface area contributed by atoms with Crippen LogP contribution in [0.4, 0.5) is 0 Å². The fraction of sp³-hybridized carbons (Fsp3) is 1.00. The van der Waals surface area contributed by atoms with Crippen molar-refractivity contribution in [2.75, 3.05) is 0 Å². The Hall–Kier alpha value is 0.799. The Morgan fingerprint density at radius 1 is 1.00 bits per heavy atom. The molecule has 0 nitrogen and oxygen atoms in total. The first-order valence-corrected chi connectivity index (χ1v) is 6.18. The van der Waals surface area contributed by atoms with E-state index < -0.39 is 0 Å². The molecule has 0 amide bonds. The topological polar surface area (TPSA) is 0 Å². The fourth-order valence-electron chi connectivity index (χ4n) is 0.667. The molecule has 0 atom stereocenters. The zero-order valence-electron chi connectivity index (χ0n) is 7.65. The van der Waals surface area contributed by atoms with Crippen LogP contribution in [0, 0.1) is 0 Å². The van der Waals surface area contributed by atoms with Crippen molar-refractivity contribution in [1.82, 2.24) is 0 Å². The summed E-state index contributed by atoms with van der Waals surface area (Å²) in [5.74, 6) is 0. The Morgan fingerprint density at radius 3 is 1.29 bits per heavy atom. The summed E-state index contributed by atoms with van der Waals surface area (Å²) in [4.78, 5) is 0. The summed E-state index contributed by atoms with van der Waals surface area (Å²) >= 11 is 0.0389. The van der Waals surface area contributed by atoms with Gasteiger partial charge in [-0.2, -0.15) is 0 Å². The molecule has 0 saturated carbocycles. The van der Waals surface area contributed by atoms with Crippen LogP contribution in [0.1, 0.15) is 30.5 Å². The van der Waals surface area contributed by atoms with Crippen molar-refractivity contribution in [2.24, 2.45) is 0 Å². The molecular weight excluding hydrogens is 191 g/mol. The Morgan fingerprint density at radius 2 is 1.29 bits per heavy atom. The first-order chi connectivity index (χ1) is 3.13. The number of hydrogen-bond acceptors (Lipinski definition) is 0. The van der Waals surface area contributed by atoms with Crippen LogP contribution in [0.15, 0.2) is 0 Å². The van der Waals surface area contributed by atoms with Crippen LogP contribution >= 0.6 is 0 Å². The summed E-state index contributed by atoms with van der Waals surface area (Å²) in [5.41, 5.74) is 0. The smallest absolute Gasteiger partial charge is 1.00 e. The van der Waals surface area contributed by atoms with Gasteiger partial charge >= 0.3 is 56.7 Å². The van der Waals surface area contributed by atoms with Gasteiger partial charge < -0.3 is 2.85 Å². The quantitative estimate of drug-likeness (QED) is 0.610. The van der Waals surface area contributed by atoms with E-state index in [9.17, 15) is 0 Å². The van der Waals surface area contributed by atoms with E-state index in [1.807, 2.05) is 0 Å². The largest absolute Gasteiger partial charge is 1.00 e. The SMILES string of the molecule is C[CH](C)[Sn][CH](C)C.[H-].[H-]. The second-order valence-corrected chi connectivity index (χ2v) is 10.0. The summed E-state index contributed by atoms with van der Waals surface area (Å²) in [6.45, 7) is 9.36. The van der Waals surface area contributed by atoms with Crippen molar-refractivity contribution < 1.29 is 2.85 Å². The molecule has 7 heavy (non-hydrogen) atoms. The molecule has 1 heteroatoms. The van der Waals surface area contributed by atoms with E-state index in [-0.39, 0.29) is 24.0 Å². The van der Waals surface area contributed by atoms with E-state index in [2.05, 4.69) is 27.7 Å². The molecule has 0 rings (SSSR count). The van der Waals surface area contributed by atoms with E-state index in [0.717, 1.165) is 7.87 Å². The van der Waals surface area contributed by atoms with Crippen LogP contribution in [0.5, 0.6) is 0 Å². The van der Waals surface area contributed by atoms with Crippen LogP contribution in [0.3, 0.4) is 0 Å². The average Bonchev–Trinajstić information content (AvgIpc) is 1.27. The Bertz CT molecular complexity index is 40.3. The third-order valence-corrected chi connectivity index (χ3v) is 4.47. The van der Waals surface area contributed by atoms with Gasteiger partial charge in [-0.3, -0.25) is 0 Å². The predicted molar refractivity (Wildman–Crippen MR) is 38.2 cm³/mol. The summed E-state index contributed by atoms with van der Waals surface area (Å²) in [6, 6.07) is 0. The molecule has 0 heterocycles. The molecule has 46 valence electrons. The molecule has 0 aliphatic rings. The summed E-state index contributed by atoms with van der Waals surface area (Å²) in [5, 5.41) is 0. The minimum absolute atomic E-state index is 0. The Balaban J connectivity index is -0.000000180. The molecule has 0 bridgehead atoms. The first-order valence-electron chi connectivity index (χ1n) is 2.89. The van der Waals surface area contributed by atoms with E-state index >= 15 is 0 Å². The average molecular weight is 207 g/mol. The monoisotopic (exact) mass is 208 g/mol. The van der Waals surface area contributed by atoms with Crippen molar-refractivity contribution in [1.29, 1.82) is 0 Å². The van der Waals surface area contributed by atoms with Gasteiger partial charge in [-0.15, -0.1) is 0 Å². The van der Waals surface area contributed by atoms with Gasteiger partial charge in [0.05, 0.1) is 0 Å². The van der Waals surface area contributed by atoms with Crippen LogP contribution < -0.4 is 0 Å². The van der Waals surface area contributed by atoms with E-state index in [1.165, 1.54) is 0 Å². The van der Waals surface area contributed by atoms with Gasteiger partial charge in [0, 0.05) is 0 Å². The molecule has 0 saturated heterocycles. The second-order valence-electron chi connectivity index (χ2n) is 2.48. The van der Waals surface area contributed by atoms with Crippen molar-refractivity contribution in [2.45, 2.75) is 35.6 Å². The van der Waals surface area contributed by atoms with Gasteiger partial charge in [-0.25, -0.2) is 0 Å². The summed E-state index contributed by atoms with van der Waals surface area (Å²) in [7, 11) is 0. The number of rotatable bonds is 2. The molecule has 2 radical (unpaired) electrons. The van der Waals surface area contributed by atoms with Gasteiger partial charge in [0.1, 0.15) is 0 Å². The molecule has 0 aromatic heterocycles. The fourth-order valence-corrected chi connectivity index (χ4v) is 4.47. The number of hydrogen-bond donors (Lipinski definition) is 0. The zero-order chi connectivity index (χ0) is 5.86. The Kier molecular flexibility index (Phi) is 4.19. The zero-order valence-corrected chi connectivity index (χ0v) is 8.51. The molecule has 0 N–H and O–H groups in total. The van der Waals surface area contributed by atoms with Crippen molar-refractivity contribution in [3.8, 4) is 0 Å². The molecule has 0 unspecified atom stereocenters.